The highest BCUT2D eigenvalue weighted by atomic mass is 79.9. The highest BCUT2D eigenvalue weighted by Crippen LogP contribution is 2.25. The first-order chi connectivity index (χ1) is 7.18. The van der Waals surface area contributed by atoms with E-state index in [-0.39, 0.29) is 24.3 Å². The average Bonchev–Trinajstić information content (AvgIpc) is 2.69. The Bertz CT molecular complexity index is 461. The Labute approximate surface area is 112 Å². The lowest BCUT2D eigenvalue weighted by Gasteiger charge is -2.11. The van der Waals surface area contributed by atoms with Gasteiger partial charge in [-0.05, 0) is 34.5 Å². The van der Waals surface area contributed by atoms with Crippen molar-refractivity contribution in [2.45, 2.75) is 6.04 Å². The Morgan fingerprint density at radius 1 is 1.31 bits per heavy atom. The molecule has 16 heavy (non-hydrogen) atoms. The molecule has 0 saturated carbocycles. The van der Waals surface area contributed by atoms with E-state index in [1.807, 2.05) is 16.8 Å². The van der Waals surface area contributed by atoms with Gasteiger partial charge in [0.2, 0.25) is 0 Å². The maximum atomic E-state index is 13.6. The fraction of sp³-hybridized carbons (Fsp3) is 0.0909. The van der Waals surface area contributed by atoms with Gasteiger partial charge in [-0.1, -0.05) is 22.0 Å². The topological polar surface area (TPSA) is 26.0 Å². The van der Waals surface area contributed by atoms with Crippen molar-refractivity contribution in [3.63, 3.8) is 0 Å². The highest BCUT2D eigenvalue weighted by Gasteiger charge is 2.13. The number of hydrogen-bond donors (Lipinski definition) is 1. The molecule has 2 aromatic rings. The monoisotopic (exact) mass is 321 g/mol. The third kappa shape index (κ3) is 2.83. The standard InChI is InChI=1S/C11H9BrFNS.ClH/c12-8-1-2-9(10(13)5-8)11(14)7-3-4-15-6-7;/h1-6,11H,14H2;1H/t11-;/m1./s1. The van der Waals surface area contributed by atoms with E-state index in [0.717, 1.165) is 10.0 Å². The molecule has 0 radical (unpaired) electrons. The Morgan fingerprint density at radius 3 is 2.62 bits per heavy atom. The number of rotatable bonds is 2. The summed E-state index contributed by atoms with van der Waals surface area (Å²) in [5.74, 6) is -0.275. The largest absolute Gasteiger partial charge is 0.320 e. The van der Waals surface area contributed by atoms with Crippen molar-refractivity contribution in [3.05, 3.63) is 56.4 Å². The minimum atomic E-state index is -0.385. The summed E-state index contributed by atoms with van der Waals surface area (Å²) >= 11 is 4.78. The van der Waals surface area contributed by atoms with Crippen LogP contribution in [-0.2, 0) is 0 Å². The molecule has 0 saturated heterocycles. The van der Waals surface area contributed by atoms with Crippen LogP contribution in [0.25, 0.3) is 0 Å². The van der Waals surface area contributed by atoms with E-state index >= 15 is 0 Å². The van der Waals surface area contributed by atoms with Crippen molar-refractivity contribution in [1.82, 2.24) is 0 Å². The summed E-state index contributed by atoms with van der Waals surface area (Å²) in [5.41, 5.74) is 7.43. The molecule has 0 fully saturated rings. The van der Waals surface area contributed by atoms with E-state index in [4.69, 9.17) is 5.73 Å². The lowest BCUT2D eigenvalue weighted by molar-refractivity contribution is 0.599. The molecule has 0 amide bonds. The number of hydrogen-bond acceptors (Lipinski definition) is 2. The Hall–Kier alpha value is -0.420. The molecule has 86 valence electrons. The first-order valence-electron chi connectivity index (χ1n) is 4.41. The second-order valence-electron chi connectivity index (χ2n) is 3.20. The molecular weight excluding hydrogens is 313 g/mol. The van der Waals surface area contributed by atoms with Gasteiger partial charge in [0.15, 0.2) is 0 Å². The van der Waals surface area contributed by atoms with Crippen molar-refractivity contribution < 1.29 is 4.39 Å². The van der Waals surface area contributed by atoms with Crippen LogP contribution in [0.1, 0.15) is 17.2 Å². The molecule has 1 heterocycles. The van der Waals surface area contributed by atoms with E-state index in [1.54, 1.807) is 23.5 Å². The third-order valence-corrected chi connectivity index (χ3v) is 3.39. The molecule has 0 aliphatic rings. The van der Waals surface area contributed by atoms with Crippen molar-refractivity contribution in [2.24, 2.45) is 5.73 Å². The van der Waals surface area contributed by atoms with Gasteiger partial charge in [0, 0.05) is 10.0 Å². The molecule has 1 nitrogen and oxygen atoms in total. The van der Waals surface area contributed by atoms with Gasteiger partial charge in [0.25, 0.3) is 0 Å². The van der Waals surface area contributed by atoms with Crippen molar-refractivity contribution >= 4 is 39.7 Å². The number of benzene rings is 1. The maximum absolute atomic E-state index is 13.6. The van der Waals surface area contributed by atoms with E-state index in [1.165, 1.54) is 6.07 Å². The van der Waals surface area contributed by atoms with Gasteiger partial charge in [0.05, 0.1) is 6.04 Å². The summed E-state index contributed by atoms with van der Waals surface area (Å²) in [5, 5.41) is 3.87. The van der Waals surface area contributed by atoms with Crippen LogP contribution in [0, 0.1) is 5.82 Å². The number of thiophene rings is 1. The van der Waals surface area contributed by atoms with Gasteiger partial charge in [-0.15, -0.1) is 12.4 Å². The average molecular weight is 323 g/mol. The summed E-state index contributed by atoms with van der Waals surface area (Å²) in [6.45, 7) is 0. The van der Waals surface area contributed by atoms with Gasteiger partial charge in [0.1, 0.15) is 5.82 Å². The first-order valence-corrected chi connectivity index (χ1v) is 6.14. The van der Waals surface area contributed by atoms with Gasteiger partial charge in [-0.2, -0.15) is 11.3 Å². The lowest BCUT2D eigenvalue weighted by atomic mass is 10.0. The summed E-state index contributed by atoms with van der Waals surface area (Å²) < 4.78 is 14.3. The predicted octanol–water partition coefficient (Wildman–Crippen LogP) is 4.12. The quantitative estimate of drug-likeness (QED) is 0.884. The maximum Gasteiger partial charge on any atom is 0.129 e. The molecule has 1 aromatic carbocycles. The minimum Gasteiger partial charge on any atom is -0.320 e. The Morgan fingerprint density at radius 2 is 2.06 bits per heavy atom. The summed E-state index contributed by atoms with van der Waals surface area (Å²) in [6, 6.07) is 6.47. The fourth-order valence-corrected chi connectivity index (χ4v) is 2.41. The SMILES string of the molecule is Cl.N[C@H](c1ccsc1)c1ccc(Br)cc1F. The number of halogens is 3. The zero-order valence-electron chi connectivity index (χ0n) is 8.19. The molecule has 0 bridgehead atoms. The normalized spacial score (nSPS) is 11.9. The van der Waals surface area contributed by atoms with Gasteiger partial charge in [-0.3, -0.25) is 0 Å². The predicted molar refractivity (Wildman–Crippen MR) is 71.7 cm³/mol. The van der Waals surface area contributed by atoms with Crippen LogP contribution < -0.4 is 5.73 Å². The van der Waals surface area contributed by atoms with E-state index < -0.39 is 0 Å². The molecule has 2 N–H and O–H groups in total. The van der Waals surface area contributed by atoms with Crippen LogP contribution in [0.4, 0.5) is 4.39 Å². The van der Waals surface area contributed by atoms with Gasteiger partial charge in [-0.25, -0.2) is 4.39 Å². The minimum absolute atomic E-state index is 0. The zero-order chi connectivity index (χ0) is 10.8. The zero-order valence-corrected chi connectivity index (χ0v) is 11.4. The molecule has 0 spiro atoms. The van der Waals surface area contributed by atoms with Gasteiger partial charge >= 0.3 is 0 Å². The molecule has 0 unspecified atom stereocenters. The molecule has 1 atom stereocenters. The second-order valence-corrected chi connectivity index (χ2v) is 4.90. The molecular formula is C11H10BrClFNS. The van der Waals surface area contributed by atoms with E-state index in [2.05, 4.69) is 15.9 Å². The lowest BCUT2D eigenvalue weighted by Crippen LogP contribution is -2.12. The van der Waals surface area contributed by atoms with Crippen LogP contribution in [0.15, 0.2) is 39.5 Å². The smallest absolute Gasteiger partial charge is 0.129 e. The third-order valence-electron chi connectivity index (χ3n) is 2.20. The summed E-state index contributed by atoms with van der Waals surface area (Å²) in [7, 11) is 0. The van der Waals surface area contributed by atoms with Gasteiger partial charge < -0.3 is 5.73 Å². The van der Waals surface area contributed by atoms with Crippen molar-refractivity contribution in [1.29, 1.82) is 0 Å². The number of nitrogens with two attached hydrogens (primary N) is 1. The second kappa shape index (κ2) is 5.77. The molecule has 0 aliphatic heterocycles. The molecule has 1 aromatic heterocycles. The Kier molecular flexibility index (Phi) is 4.92. The van der Waals surface area contributed by atoms with Crippen LogP contribution in [0.5, 0.6) is 0 Å². The van der Waals surface area contributed by atoms with Crippen LogP contribution in [0.2, 0.25) is 0 Å². The van der Waals surface area contributed by atoms with Crippen molar-refractivity contribution in [2.75, 3.05) is 0 Å². The van der Waals surface area contributed by atoms with E-state index in [0.29, 0.717) is 5.56 Å². The molecule has 5 heteroatoms. The summed E-state index contributed by atoms with van der Waals surface area (Å²) in [4.78, 5) is 0. The van der Waals surface area contributed by atoms with Crippen LogP contribution >= 0.6 is 39.7 Å². The Balaban J connectivity index is 0.00000128. The fourth-order valence-electron chi connectivity index (χ4n) is 1.39. The van der Waals surface area contributed by atoms with Crippen molar-refractivity contribution in [3.8, 4) is 0 Å². The van der Waals surface area contributed by atoms with Crippen LogP contribution in [0.3, 0.4) is 0 Å². The summed E-state index contributed by atoms with van der Waals surface area (Å²) in [6.07, 6.45) is 0. The highest BCUT2D eigenvalue weighted by molar-refractivity contribution is 9.10. The molecule has 2 rings (SSSR count). The van der Waals surface area contributed by atoms with E-state index in [9.17, 15) is 4.39 Å². The van der Waals surface area contributed by atoms with Crippen LogP contribution in [-0.4, -0.2) is 0 Å². The first kappa shape index (κ1) is 13.6. The molecule has 0 aliphatic carbocycles.